The molecule has 0 bridgehead atoms. The van der Waals surface area contributed by atoms with E-state index < -0.39 is 51.9 Å². The van der Waals surface area contributed by atoms with E-state index in [1.165, 1.54) is 22.7 Å². The number of carbonyl (C=O) groups is 4. The first-order chi connectivity index (χ1) is 16.0. The first-order valence-corrected chi connectivity index (χ1v) is 11.7. The van der Waals surface area contributed by atoms with Crippen LogP contribution in [0, 0.1) is 0 Å². The summed E-state index contributed by atoms with van der Waals surface area (Å²) in [5.41, 5.74) is 0.327. The van der Waals surface area contributed by atoms with Crippen molar-refractivity contribution in [2.24, 2.45) is 0 Å². The normalized spacial score (nSPS) is 23.5. The third kappa shape index (κ3) is 4.42. The van der Waals surface area contributed by atoms with Crippen LogP contribution >= 0.6 is 35.0 Å². The minimum atomic E-state index is -1.17. The highest BCUT2D eigenvalue weighted by Crippen LogP contribution is 2.50. The van der Waals surface area contributed by atoms with Crippen molar-refractivity contribution < 1.29 is 24.3 Å². The summed E-state index contributed by atoms with van der Waals surface area (Å²) in [5, 5.41) is 14.0. The number of nitrogens with zero attached hydrogens (tertiary/aromatic N) is 3. The van der Waals surface area contributed by atoms with E-state index in [4.69, 9.17) is 23.2 Å². The van der Waals surface area contributed by atoms with Crippen molar-refractivity contribution in [3.63, 3.8) is 0 Å². The third-order valence-corrected chi connectivity index (χ3v) is 7.48. The van der Waals surface area contributed by atoms with Gasteiger partial charge in [-0.1, -0.05) is 41.9 Å². The fourth-order valence-electron chi connectivity index (χ4n) is 4.04. The lowest BCUT2D eigenvalue weighted by molar-refractivity contribution is -0.161. The highest BCUT2D eigenvalue weighted by Gasteiger charge is 2.64. The quantitative estimate of drug-likeness (QED) is 0.296. The fourth-order valence-corrected chi connectivity index (χ4v) is 6.07. The molecule has 0 aliphatic carbocycles. The Labute approximate surface area is 208 Å². The van der Waals surface area contributed by atoms with Gasteiger partial charge in [0, 0.05) is 10.8 Å². The molecule has 2 saturated heterocycles. The molecule has 2 aliphatic heterocycles. The molecular weight excluding hydrogens is 505 g/mol. The van der Waals surface area contributed by atoms with Gasteiger partial charge in [0.05, 0.1) is 0 Å². The van der Waals surface area contributed by atoms with Gasteiger partial charge < -0.3 is 20.6 Å². The molecule has 10 nitrogen and oxygen atoms in total. The summed E-state index contributed by atoms with van der Waals surface area (Å²) in [7, 11) is 0. The molecule has 2 aromatic rings. The number of hydrogen-bond donors (Lipinski definition) is 3. The number of carboxylic acid groups (broad SMARTS) is 1. The lowest BCUT2D eigenvalue weighted by atomic mass is 9.95. The van der Waals surface area contributed by atoms with Crippen molar-refractivity contribution in [3.05, 3.63) is 58.1 Å². The van der Waals surface area contributed by atoms with E-state index in [0.29, 0.717) is 5.56 Å². The van der Waals surface area contributed by atoms with Gasteiger partial charge in [-0.3, -0.25) is 14.4 Å². The van der Waals surface area contributed by atoms with E-state index in [0.717, 1.165) is 0 Å². The summed E-state index contributed by atoms with van der Waals surface area (Å²) in [4.78, 5) is 59.3. The Morgan fingerprint density at radius 3 is 2.47 bits per heavy atom. The van der Waals surface area contributed by atoms with Gasteiger partial charge in [0.15, 0.2) is 0 Å². The molecule has 178 valence electrons. The van der Waals surface area contributed by atoms with Gasteiger partial charge in [-0.05, 0) is 31.0 Å². The SMILES string of the molecule is CC1(C)S[C@@H]2[C@H](NC(=O)C(NC(=O)c3cc(Cl)nc(Cl)n3)c3ccccc3)C(=O)N2[C@H]1C(=O)O. The molecule has 0 spiro atoms. The maximum atomic E-state index is 13.3. The topological polar surface area (TPSA) is 142 Å². The maximum Gasteiger partial charge on any atom is 0.327 e. The van der Waals surface area contributed by atoms with Gasteiger partial charge in [0.2, 0.25) is 17.1 Å². The van der Waals surface area contributed by atoms with Crippen LogP contribution in [0.1, 0.15) is 35.9 Å². The molecule has 0 saturated carbocycles. The number of β-lactam (4-membered cyclic amide) rings is 1. The minimum absolute atomic E-state index is 0.0418. The minimum Gasteiger partial charge on any atom is -0.480 e. The molecule has 3 N–H and O–H groups in total. The smallest absolute Gasteiger partial charge is 0.327 e. The summed E-state index contributed by atoms with van der Waals surface area (Å²) in [6.45, 7) is 3.48. The average molecular weight is 524 g/mol. The Kier molecular flexibility index (Phi) is 6.45. The van der Waals surface area contributed by atoms with Crippen molar-refractivity contribution in [2.75, 3.05) is 0 Å². The Hall–Kier alpha value is -2.89. The maximum absolute atomic E-state index is 13.3. The van der Waals surface area contributed by atoms with Gasteiger partial charge in [-0.15, -0.1) is 11.8 Å². The van der Waals surface area contributed by atoms with Crippen molar-refractivity contribution in [2.45, 2.75) is 42.1 Å². The van der Waals surface area contributed by atoms with E-state index in [9.17, 15) is 24.3 Å². The molecule has 1 aromatic heterocycles. The molecule has 1 unspecified atom stereocenters. The van der Waals surface area contributed by atoms with Crippen molar-refractivity contribution in [1.82, 2.24) is 25.5 Å². The predicted octanol–water partition coefficient (Wildman–Crippen LogP) is 1.89. The molecule has 3 amide bonds. The Bertz CT molecular complexity index is 1160. The van der Waals surface area contributed by atoms with E-state index in [2.05, 4.69) is 20.6 Å². The zero-order valence-electron chi connectivity index (χ0n) is 17.9. The van der Waals surface area contributed by atoms with Crippen LogP contribution in [-0.4, -0.2) is 65.9 Å². The summed E-state index contributed by atoms with van der Waals surface area (Å²) in [6, 6.07) is 6.55. The number of thioether (sulfide) groups is 1. The van der Waals surface area contributed by atoms with E-state index >= 15 is 0 Å². The van der Waals surface area contributed by atoms with E-state index in [-0.39, 0.29) is 16.1 Å². The number of carboxylic acids is 1. The van der Waals surface area contributed by atoms with Crippen LogP contribution in [0.4, 0.5) is 0 Å². The molecule has 3 heterocycles. The standard InChI is InChI=1S/C21H19Cl2N5O5S/c1-21(2)14(19(32)33)28-17(31)13(18(28)34-21)27-16(30)12(9-6-4-3-5-7-9)26-15(29)10-8-11(22)25-20(23)24-10/h3-8,12-14,18H,1-2H3,(H,26,29)(H,27,30)(H,32,33)/t12?,13-,14+,18-/m1/s1. The molecule has 13 heteroatoms. The second-order valence-corrected chi connectivity index (χ2v) is 10.7. The summed E-state index contributed by atoms with van der Waals surface area (Å²) < 4.78 is -0.732. The van der Waals surface area contributed by atoms with Crippen LogP contribution in [0.3, 0.4) is 0 Å². The molecule has 4 rings (SSSR count). The highest BCUT2D eigenvalue weighted by molar-refractivity contribution is 8.01. The van der Waals surface area contributed by atoms with Crippen molar-refractivity contribution in [1.29, 1.82) is 0 Å². The van der Waals surface area contributed by atoms with Crippen molar-refractivity contribution in [3.8, 4) is 0 Å². The average Bonchev–Trinajstić information content (AvgIpc) is 3.03. The van der Waals surface area contributed by atoms with Crippen LogP contribution in [-0.2, 0) is 14.4 Å². The number of nitrogens with one attached hydrogen (secondary N) is 2. The molecule has 4 atom stereocenters. The summed E-state index contributed by atoms with van der Waals surface area (Å²) in [6.07, 6.45) is 0. The lowest BCUT2D eigenvalue weighted by Gasteiger charge is -2.44. The number of benzene rings is 1. The van der Waals surface area contributed by atoms with Crippen molar-refractivity contribution >= 4 is 58.7 Å². The van der Waals surface area contributed by atoms with Gasteiger partial charge in [0.25, 0.3) is 5.91 Å². The molecule has 2 aliphatic rings. The molecule has 34 heavy (non-hydrogen) atoms. The number of rotatable bonds is 6. The van der Waals surface area contributed by atoms with Crippen LogP contribution < -0.4 is 10.6 Å². The van der Waals surface area contributed by atoms with Crippen LogP contribution in [0.2, 0.25) is 10.4 Å². The van der Waals surface area contributed by atoms with E-state index in [1.54, 1.807) is 44.2 Å². The molecule has 1 aromatic carbocycles. The predicted molar refractivity (Wildman–Crippen MR) is 124 cm³/mol. The molecule has 2 fully saturated rings. The monoisotopic (exact) mass is 523 g/mol. The third-order valence-electron chi connectivity index (χ3n) is 5.54. The number of amides is 3. The van der Waals surface area contributed by atoms with Gasteiger partial charge >= 0.3 is 5.97 Å². The molecular formula is C21H19Cl2N5O5S. The number of hydrogen-bond acceptors (Lipinski definition) is 7. The Morgan fingerprint density at radius 1 is 1.18 bits per heavy atom. The Morgan fingerprint density at radius 2 is 1.85 bits per heavy atom. The fraction of sp³-hybridized carbons (Fsp3) is 0.333. The Balaban J connectivity index is 1.55. The zero-order chi connectivity index (χ0) is 24.8. The number of fused-ring (bicyclic) bond motifs is 1. The highest BCUT2D eigenvalue weighted by atomic mass is 35.5. The van der Waals surface area contributed by atoms with Crippen LogP contribution in [0.25, 0.3) is 0 Å². The zero-order valence-corrected chi connectivity index (χ0v) is 20.2. The number of halogens is 2. The first kappa shape index (κ1) is 24.2. The number of carbonyl (C=O) groups excluding carboxylic acids is 3. The van der Waals surface area contributed by atoms with Gasteiger partial charge in [-0.2, -0.15) is 0 Å². The second kappa shape index (κ2) is 9.05. The summed E-state index contributed by atoms with van der Waals surface area (Å²) in [5.74, 6) is -2.95. The second-order valence-electron chi connectivity index (χ2n) is 8.25. The lowest BCUT2D eigenvalue weighted by Crippen LogP contribution is -2.71. The largest absolute Gasteiger partial charge is 0.480 e. The van der Waals surface area contributed by atoms with Gasteiger partial charge in [0.1, 0.15) is 34.3 Å². The number of aliphatic carboxylic acids is 1. The van der Waals surface area contributed by atoms with Crippen LogP contribution in [0.5, 0.6) is 0 Å². The first-order valence-electron chi connectivity index (χ1n) is 10.1. The summed E-state index contributed by atoms with van der Waals surface area (Å²) >= 11 is 12.9. The number of aromatic nitrogens is 2. The van der Waals surface area contributed by atoms with Crippen LogP contribution in [0.15, 0.2) is 36.4 Å². The van der Waals surface area contributed by atoms with E-state index in [1.807, 2.05) is 0 Å². The molecule has 0 radical (unpaired) electrons. The van der Waals surface area contributed by atoms with Gasteiger partial charge in [-0.25, -0.2) is 14.8 Å².